The van der Waals surface area contributed by atoms with Crippen LogP contribution in [0.15, 0.2) is 0 Å². The molecule has 1 aliphatic carbocycles. The molecule has 0 saturated heterocycles. The van der Waals surface area contributed by atoms with Gasteiger partial charge in [0.1, 0.15) is 0 Å². The molecule has 0 aromatic heterocycles. The molecule has 0 unspecified atom stereocenters. The van der Waals surface area contributed by atoms with Crippen LogP contribution < -0.4 is 5.73 Å². The Balaban J connectivity index is 0.000000640. The van der Waals surface area contributed by atoms with Crippen LogP contribution in [-0.2, 0) is 0 Å². The number of halogens is 1. The van der Waals surface area contributed by atoms with E-state index in [0.29, 0.717) is 5.41 Å². The molecule has 0 aliphatic heterocycles. The van der Waals surface area contributed by atoms with Gasteiger partial charge in [-0.25, -0.2) is 0 Å². The number of hydrogen-bond acceptors (Lipinski definition) is 2. The molecule has 9 heavy (non-hydrogen) atoms. The lowest BCUT2D eigenvalue weighted by molar-refractivity contribution is 0.180. The van der Waals surface area contributed by atoms with Gasteiger partial charge in [-0.15, -0.1) is 12.4 Å². The second kappa shape index (κ2) is 3.69. The van der Waals surface area contributed by atoms with Crippen LogP contribution in [0.4, 0.5) is 0 Å². The summed E-state index contributed by atoms with van der Waals surface area (Å²) in [6, 6.07) is 0. The Morgan fingerprint density at radius 2 is 2.00 bits per heavy atom. The third-order valence-electron chi connectivity index (χ3n) is 2.18. The van der Waals surface area contributed by atoms with E-state index in [1.807, 2.05) is 0 Å². The molecule has 0 amide bonds. The van der Waals surface area contributed by atoms with Gasteiger partial charge in [0, 0.05) is 0 Å². The van der Waals surface area contributed by atoms with Gasteiger partial charge in [-0.3, -0.25) is 0 Å². The van der Waals surface area contributed by atoms with Crippen LogP contribution in [-0.4, -0.2) is 12.3 Å². The molecule has 1 rings (SSSR count). The van der Waals surface area contributed by atoms with Gasteiger partial charge in [-0.05, 0) is 30.6 Å². The molecule has 1 aliphatic rings. The summed E-state index contributed by atoms with van der Waals surface area (Å²) in [4.78, 5) is 0. The van der Waals surface area contributed by atoms with E-state index in [1.165, 1.54) is 19.3 Å². The molecule has 1 saturated carbocycles. The van der Waals surface area contributed by atoms with E-state index in [1.54, 1.807) is 0 Å². The average Bonchev–Trinajstić information content (AvgIpc) is 1.67. The Kier molecular flexibility index (Phi) is 3.94. The Bertz CT molecular complexity index is 69.6. The molecule has 2 N–H and O–H groups in total. The van der Waals surface area contributed by atoms with Crippen LogP contribution in [0.2, 0.25) is 0 Å². The predicted molar refractivity (Wildman–Crippen MR) is 46.4 cm³/mol. The monoisotopic (exact) mass is 167 g/mol. The lowest BCUT2D eigenvalue weighted by Crippen LogP contribution is -2.38. The van der Waals surface area contributed by atoms with Crippen molar-refractivity contribution in [2.75, 3.05) is 12.3 Å². The molecule has 0 bridgehead atoms. The number of thiol groups is 1. The van der Waals surface area contributed by atoms with Gasteiger partial charge in [-0.1, -0.05) is 6.42 Å². The second-order valence-electron chi connectivity index (χ2n) is 2.72. The smallest absolute Gasteiger partial charge is 0.00127 e. The highest BCUT2D eigenvalue weighted by Gasteiger charge is 2.33. The van der Waals surface area contributed by atoms with Crippen LogP contribution in [0.3, 0.4) is 0 Å². The fraction of sp³-hybridized carbons (Fsp3) is 1.00. The van der Waals surface area contributed by atoms with Crippen molar-refractivity contribution in [1.82, 2.24) is 0 Å². The quantitative estimate of drug-likeness (QED) is 0.599. The molecule has 0 spiro atoms. The first-order valence-electron chi connectivity index (χ1n) is 3.14. The molecular formula is C6H14ClNS. The van der Waals surface area contributed by atoms with E-state index in [4.69, 9.17) is 5.73 Å². The van der Waals surface area contributed by atoms with E-state index in [2.05, 4.69) is 12.6 Å². The normalized spacial score (nSPS) is 22.0. The minimum Gasteiger partial charge on any atom is -0.330 e. The van der Waals surface area contributed by atoms with Gasteiger partial charge in [0.2, 0.25) is 0 Å². The zero-order valence-corrected chi connectivity index (χ0v) is 7.18. The minimum atomic E-state index is 0. The van der Waals surface area contributed by atoms with E-state index in [9.17, 15) is 0 Å². The fourth-order valence-electron chi connectivity index (χ4n) is 1.10. The molecule has 1 fully saturated rings. The Hall–Kier alpha value is 0.600. The highest BCUT2D eigenvalue weighted by Crippen LogP contribution is 2.40. The van der Waals surface area contributed by atoms with E-state index in [-0.39, 0.29) is 12.4 Å². The van der Waals surface area contributed by atoms with E-state index < -0.39 is 0 Å². The summed E-state index contributed by atoms with van der Waals surface area (Å²) >= 11 is 4.23. The van der Waals surface area contributed by atoms with Gasteiger partial charge >= 0.3 is 0 Å². The maximum atomic E-state index is 5.53. The zero-order chi connectivity index (χ0) is 6.04. The Morgan fingerprint density at radius 1 is 1.44 bits per heavy atom. The van der Waals surface area contributed by atoms with Crippen molar-refractivity contribution >= 4 is 25.0 Å². The largest absolute Gasteiger partial charge is 0.330 e. The van der Waals surface area contributed by atoms with Crippen LogP contribution >= 0.6 is 25.0 Å². The van der Waals surface area contributed by atoms with Crippen LogP contribution in [0.25, 0.3) is 0 Å². The Labute approximate surface area is 68.2 Å². The molecule has 0 aromatic carbocycles. The summed E-state index contributed by atoms with van der Waals surface area (Å²) in [5.74, 6) is 0.976. The highest BCUT2D eigenvalue weighted by atomic mass is 35.5. The van der Waals surface area contributed by atoms with Crippen molar-refractivity contribution in [3.63, 3.8) is 0 Å². The summed E-state index contributed by atoms with van der Waals surface area (Å²) in [6.07, 6.45) is 3.96. The van der Waals surface area contributed by atoms with Gasteiger partial charge in [0.05, 0.1) is 0 Å². The van der Waals surface area contributed by atoms with Gasteiger partial charge in [0.15, 0.2) is 0 Å². The summed E-state index contributed by atoms with van der Waals surface area (Å²) < 4.78 is 0. The standard InChI is InChI=1S/C6H13NS.ClH/c7-4-6(5-8)2-1-3-6;/h8H,1-5,7H2;1H. The minimum absolute atomic E-state index is 0. The van der Waals surface area contributed by atoms with Crippen molar-refractivity contribution in [1.29, 1.82) is 0 Å². The zero-order valence-electron chi connectivity index (χ0n) is 5.47. The molecule has 0 aromatic rings. The van der Waals surface area contributed by atoms with Crippen LogP contribution in [0, 0.1) is 5.41 Å². The molecule has 0 atom stereocenters. The first-order valence-corrected chi connectivity index (χ1v) is 3.77. The van der Waals surface area contributed by atoms with Crippen LogP contribution in [0.1, 0.15) is 19.3 Å². The van der Waals surface area contributed by atoms with Gasteiger partial charge in [0.25, 0.3) is 0 Å². The second-order valence-corrected chi connectivity index (χ2v) is 3.03. The number of nitrogens with two attached hydrogens (primary N) is 1. The molecule has 1 nitrogen and oxygen atoms in total. The van der Waals surface area contributed by atoms with E-state index >= 15 is 0 Å². The summed E-state index contributed by atoms with van der Waals surface area (Å²) in [7, 11) is 0. The third-order valence-corrected chi connectivity index (χ3v) is 2.85. The average molecular weight is 168 g/mol. The molecule has 0 radical (unpaired) electrons. The van der Waals surface area contributed by atoms with Gasteiger partial charge in [-0.2, -0.15) is 12.6 Å². The van der Waals surface area contributed by atoms with Crippen molar-refractivity contribution in [2.45, 2.75) is 19.3 Å². The SMILES string of the molecule is Cl.NCC1(CS)CCC1. The first-order chi connectivity index (χ1) is 3.83. The molecule has 56 valence electrons. The Morgan fingerprint density at radius 3 is 2.00 bits per heavy atom. The maximum absolute atomic E-state index is 5.53. The topological polar surface area (TPSA) is 26.0 Å². The van der Waals surface area contributed by atoms with Crippen LogP contribution in [0.5, 0.6) is 0 Å². The third kappa shape index (κ3) is 1.76. The van der Waals surface area contributed by atoms with Gasteiger partial charge < -0.3 is 5.73 Å². The first kappa shape index (κ1) is 9.60. The molecular weight excluding hydrogens is 154 g/mol. The lowest BCUT2D eigenvalue weighted by atomic mass is 9.70. The van der Waals surface area contributed by atoms with Crippen molar-refractivity contribution < 1.29 is 0 Å². The maximum Gasteiger partial charge on any atom is -0.00127 e. The summed E-state index contributed by atoms with van der Waals surface area (Å²) in [5, 5.41) is 0. The highest BCUT2D eigenvalue weighted by molar-refractivity contribution is 7.80. The fourth-order valence-corrected chi connectivity index (χ4v) is 1.55. The number of hydrogen-bond donors (Lipinski definition) is 2. The molecule has 0 heterocycles. The number of rotatable bonds is 2. The summed E-state index contributed by atoms with van der Waals surface area (Å²) in [5.41, 5.74) is 5.98. The van der Waals surface area contributed by atoms with Crippen molar-refractivity contribution in [3.05, 3.63) is 0 Å². The molecule has 3 heteroatoms. The summed E-state index contributed by atoms with van der Waals surface area (Å²) in [6.45, 7) is 0.830. The van der Waals surface area contributed by atoms with E-state index in [0.717, 1.165) is 12.3 Å². The lowest BCUT2D eigenvalue weighted by Gasteiger charge is -2.39. The predicted octanol–water partition coefficient (Wildman–Crippen LogP) is 1.47. The van der Waals surface area contributed by atoms with Crippen molar-refractivity contribution in [2.24, 2.45) is 11.1 Å². The van der Waals surface area contributed by atoms with Crippen molar-refractivity contribution in [3.8, 4) is 0 Å².